The maximum absolute atomic E-state index is 12.3. The number of fused-ring (bicyclic) bond motifs is 2. The molecule has 2 aromatic heterocycles. The monoisotopic (exact) mass is 995 g/mol. The Kier molecular flexibility index (Phi) is 18.0. The quantitative estimate of drug-likeness (QED) is 0.0643. The molecular formula is C50H57F3IrN2O2Si-2. The summed E-state index contributed by atoms with van der Waals surface area (Å²) in [6.07, 6.45) is -1.15. The van der Waals surface area contributed by atoms with Crippen LogP contribution in [-0.2, 0) is 24.9 Å². The van der Waals surface area contributed by atoms with Gasteiger partial charge in [0.1, 0.15) is 0 Å². The number of carbonyl (C=O) groups is 1. The summed E-state index contributed by atoms with van der Waals surface area (Å²) in [6, 6.07) is 36.7. The van der Waals surface area contributed by atoms with Crippen molar-refractivity contribution in [2.75, 3.05) is 0 Å². The first-order valence-electron chi connectivity index (χ1n) is 20.1. The fourth-order valence-electron chi connectivity index (χ4n) is 6.94. The molecule has 0 saturated carbocycles. The molecular weight excluding hydrogens is 938 g/mol. The smallest absolute Gasteiger partial charge is 0.389 e. The van der Waals surface area contributed by atoms with Crippen LogP contribution in [0.25, 0.3) is 44.2 Å². The molecule has 1 N–H and O–H groups in total. The van der Waals surface area contributed by atoms with Crippen LogP contribution in [0.1, 0.15) is 68.7 Å². The summed E-state index contributed by atoms with van der Waals surface area (Å²) in [5, 5.41) is 14.8. The van der Waals surface area contributed by atoms with Crippen molar-refractivity contribution in [3.8, 4) is 22.5 Å². The summed E-state index contributed by atoms with van der Waals surface area (Å²) < 4.78 is 36.8. The average molecular weight is 995 g/mol. The number of pyridine rings is 2. The maximum atomic E-state index is 12.3. The van der Waals surface area contributed by atoms with Crippen molar-refractivity contribution in [2.45, 2.75) is 100.0 Å². The Morgan fingerprint density at radius 2 is 1.36 bits per heavy atom. The zero-order valence-corrected chi connectivity index (χ0v) is 39.3. The molecule has 1 unspecified atom stereocenters. The van der Waals surface area contributed by atoms with Gasteiger partial charge in [-0.2, -0.15) is 13.2 Å². The minimum absolute atomic E-state index is 0. The van der Waals surface area contributed by atoms with E-state index in [1.807, 2.05) is 38.2 Å². The molecule has 0 aliphatic carbocycles. The number of nitrogens with zero attached hydrogens (tertiary/aromatic N) is 2. The van der Waals surface area contributed by atoms with Gasteiger partial charge in [0.2, 0.25) is 0 Å². The molecule has 6 aromatic rings. The Morgan fingerprint density at radius 3 is 1.93 bits per heavy atom. The van der Waals surface area contributed by atoms with Crippen LogP contribution in [-0.4, -0.2) is 35.1 Å². The number of ketones is 1. The molecule has 0 amide bonds. The average Bonchev–Trinajstić information content (AvgIpc) is 3.15. The number of allylic oxidation sites excluding steroid dienone is 2. The first-order chi connectivity index (χ1) is 27.3. The van der Waals surface area contributed by atoms with Crippen LogP contribution in [0.15, 0.2) is 103 Å². The van der Waals surface area contributed by atoms with Crippen LogP contribution in [0.5, 0.6) is 0 Å². The molecule has 0 aliphatic heterocycles. The van der Waals surface area contributed by atoms with Gasteiger partial charge in [-0.15, -0.1) is 69.8 Å². The number of rotatable bonds is 10. The van der Waals surface area contributed by atoms with Crippen molar-refractivity contribution in [3.05, 3.63) is 137 Å². The third-order valence-corrected chi connectivity index (χ3v) is 12.2. The molecule has 2 heterocycles. The molecule has 4 nitrogen and oxygen atoms in total. The number of hydrogen-bond donors (Lipinski definition) is 1. The molecule has 0 fully saturated rings. The second-order valence-corrected chi connectivity index (χ2v) is 21.2. The van der Waals surface area contributed by atoms with Gasteiger partial charge in [0.15, 0.2) is 5.78 Å². The van der Waals surface area contributed by atoms with Gasteiger partial charge < -0.3 is 10.1 Å². The summed E-state index contributed by atoms with van der Waals surface area (Å²) >= 11 is 0. The van der Waals surface area contributed by atoms with E-state index in [1.165, 1.54) is 32.5 Å². The van der Waals surface area contributed by atoms with Crippen molar-refractivity contribution < 1.29 is 43.2 Å². The van der Waals surface area contributed by atoms with Crippen molar-refractivity contribution >= 4 is 40.7 Å². The Balaban J connectivity index is 0.000000237. The first kappa shape index (κ1) is 48.9. The SMILES string of the molecule is CCC(CC)C(=O)/C=C(\O)C(CC)CC(F)(F)F.Cc1[c-]c(-c2ccc3ccccc3n2)cc(C)c1.Cc1[c-]c(-c2nccc3cc([Si](C)(C)C)ccc23)cc(C)c1.[Ir]. The van der Waals surface area contributed by atoms with E-state index in [2.05, 4.69) is 131 Å². The Bertz CT molecular complexity index is 2320. The van der Waals surface area contributed by atoms with Crippen LogP contribution < -0.4 is 5.19 Å². The first-order valence-corrected chi connectivity index (χ1v) is 23.6. The molecule has 6 rings (SSSR count). The molecule has 315 valence electrons. The normalized spacial score (nSPS) is 12.3. The largest absolute Gasteiger partial charge is 0.512 e. The second kappa shape index (κ2) is 21.7. The number of aliphatic hydroxyl groups excluding tert-OH is 1. The van der Waals surface area contributed by atoms with Crippen LogP contribution in [0, 0.1) is 51.7 Å². The number of aliphatic hydroxyl groups is 1. The molecule has 9 heteroatoms. The molecule has 0 aliphatic rings. The van der Waals surface area contributed by atoms with E-state index in [4.69, 9.17) is 4.98 Å². The molecule has 0 bridgehead atoms. The summed E-state index contributed by atoms with van der Waals surface area (Å²) in [5.74, 6) is -2.00. The number of alkyl halides is 3. The zero-order chi connectivity index (χ0) is 42.8. The number of aryl methyl sites for hydroxylation is 4. The van der Waals surface area contributed by atoms with Gasteiger partial charge in [-0.3, -0.25) is 9.78 Å². The van der Waals surface area contributed by atoms with Crippen LogP contribution in [0.3, 0.4) is 0 Å². The number of halogens is 3. The van der Waals surface area contributed by atoms with Crippen LogP contribution in [0.2, 0.25) is 19.6 Å². The Labute approximate surface area is 363 Å². The van der Waals surface area contributed by atoms with E-state index in [1.54, 1.807) is 6.92 Å². The van der Waals surface area contributed by atoms with Crippen molar-refractivity contribution in [3.63, 3.8) is 0 Å². The number of para-hydroxylation sites is 1. The minimum Gasteiger partial charge on any atom is -0.512 e. The molecule has 0 saturated heterocycles. The van der Waals surface area contributed by atoms with Crippen molar-refractivity contribution in [2.24, 2.45) is 11.8 Å². The molecule has 59 heavy (non-hydrogen) atoms. The Morgan fingerprint density at radius 1 is 0.763 bits per heavy atom. The van der Waals surface area contributed by atoms with Crippen LogP contribution in [0.4, 0.5) is 13.2 Å². The van der Waals surface area contributed by atoms with Crippen molar-refractivity contribution in [1.29, 1.82) is 0 Å². The molecule has 1 atom stereocenters. The zero-order valence-electron chi connectivity index (χ0n) is 35.9. The summed E-state index contributed by atoms with van der Waals surface area (Å²) in [4.78, 5) is 21.0. The van der Waals surface area contributed by atoms with Gasteiger partial charge in [-0.1, -0.05) is 122 Å². The van der Waals surface area contributed by atoms with E-state index < -0.39 is 32.3 Å². The third-order valence-electron chi connectivity index (χ3n) is 10.1. The third kappa shape index (κ3) is 14.4. The summed E-state index contributed by atoms with van der Waals surface area (Å²) in [6.45, 7) is 20.8. The van der Waals surface area contributed by atoms with Gasteiger partial charge in [0.05, 0.1) is 25.8 Å². The predicted octanol–water partition coefficient (Wildman–Crippen LogP) is 13.6. The minimum atomic E-state index is -4.33. The van der Waals surface area contributed by atoms with Crippen molar-refractivity contribution in [1.82, 2.24) is 9.97 Å². The topological polar surface area (TPSA) is 63.1 Å². The van der Waals surface area contributed by atoms with E-state index in [0.29, 0.717) is 12.8 Å². The fraction of sp³-hybridized carbons (Fsp3) is 0.340. The van der Waals surface area contributed by atoms with Gasteiger partial charge in [0.25, 0.3) is 0 Å². The molecule has 0 spiro atoms. The van der Waals surface area contributed by atoms with Crippen LogP contribution >= 0.6 is 0 Å². The van der Waals surface area contributed by atoms with Gasteiger partial charge >= 0.3 is 6.18 Å². The summed E-state index contributed by atoms with van der Waals surface area (Å²) in [7, 11) is -1.29. The fourth-order valence-corrected chi connectivity index (χ4v) is 8.11. The number of benzene rings is 4. The molecule has 1 radical (unpaired) electrons. The van der Waals surface area contributed by atoms with Gasteiger partial charge in [-0.25, -0.2) is 0 Å². The number of carbonyl (C=O) groups excluding carboxylic acids is 1. The second-order valence-electron chi connectivity index (χ2n) is 16.2. The Hall–Kier alpha value is -4.43. The van der Waals surface area contributed by atoms with Gasteiger partial charge in [0, 0.05) is 44.2 Å². The molecule has 4 aromatic carbocycles. The van der Waals surface area contributed by atoms with E-state index in [9.17, 15) is 23.1 Å². The van der Waals surface area contributed by atoms with E-state index in [0.717, 1.165) is 45.2 Å². The standard InChI is InChI=1S/C20H22NSi.C17H14N.C13H21F3O2.Ir/c1-14-10-15(2)12-17(11-14)20-19-7-6-18(22(3,4)5)13-16(19)8-9-21-20;1-12-9-13(2)11-15(10-12)17-8-7-14-5-3-4-6-16(14)18-17;1-4-9(5-2)11(17)7-12(18)10(6-3)8-13(14,15)16;/h6-11,13H,1-5H3;3-10H,1-2H3;7,9-10,18H,4-6,8H2,1-3H3;/q2*-1;;/b;;12-7-;. The number of aromatic nitrogens is 2. The number of hydrogen-bond acceptors (Lipinski definition) is 4. The van der Waals surface area contributed by atoms with E-state index in [-0.39, 0.29) is 38.2 Å². The summed E-state index contributed by atoms with van der Waals surface area (Å²) in [5.41, 5.74) is 10.0. The maximum Gasteiger partial charge on any atom is 0.389 e. The van der Waals surface area contributed by atoms with E-state index >= 15 is 0 Å². The van der Waals surface area contributed by atoms with Gasteiger partial charge in [-0.05, 0) is 58.9 Å². The predicted molar refractivity (Wildman–Crippen MR) is 238 cm³/mol.